The Morgan fingerprint density at radius 2 is 1.62 bits per heavy atom. The average molecular weight is 799 g/mol. The Kier molecular flexibility index (Phi) is 19.3. The highest BCUT2D eigenvalue weighted by molar-refractivity contribution is 7.09. The summed E-state index contributed by atoms with van der Waals surface area (Å²) in [6, 6.07) is 9.04. The number of rotatable bonds is 24. The van der Waals surface area contributed by atoms with Gasteiger partial charge in [-0.05, 0) is 56.7 Å². The monoisotopic (exact) mass is 798 g/mol. The van der Waals surface area contributed by atoms with Gasteiger partial charge in [-0.3, -0.25) is 24.1 Å². The van der Waals surface area contributed by atoms with Crippen LogP contribution in [0.15, 0.2) is 41.9 Å². The normalized spacial score (nSPS) is 19.5. The lowest BCUT2D eigenvalue weighted by Crippen LogP contribution is -2.54. The van der Waals surface area contributed by atoms with E-state index in [2.05, 4.69) is 17.1 Å². The molecule has 1 saturated heterocycles. The second kappa shape index (κ2) is 22.8. The molecule has 1 fully saturated rings. The lowest BCUT2D eigenvalue weighted by atomic mass is 9.83. The third kappa shape index (κ3) is 12.2. The fourth-order valence-electron chi connectivity index (χ4n) is 8.86. The maximum absolute atomic E-state index is 14.4. The minimum atomic E-state index is -0.731. The molecule has 11 nitrogen and oxygen atoms in total. The van der Waals surface area contributed by atoms with Crippen molar-refractivity contribution in [1.29, 1.82) is 0 Å². The molecule has 0 aliphatic carbocycles. The number of Topliss-reactive ketones (excluding diaryl/α,β-unsaturated/α-hetero) is 2. The molecule has 2 heterocycles. The van der Waals surface area contributed by atoms with Crippen LogP contribution < -0.4 is 0 Å². The second-order valence-corrected chi connectivity index (χ2v) is 17.5. The van der Waals surface area contributed by atoms with Gasteiger partial charge < -0.3 is 24.4 Å². The molecule has 0 spiro atoms. The van der Waals surface area contributed by atoms with Crippen molar-refractivity contribution >= 4 is 34.7 Å². The standard InChI is InChI=1S/C44H70N4O7S/c1-12-29(4)41(47(9)44(53)34(30(5)27-49)25-37(51)40(28(2)3)46(7)8)38(54-10)26-39(52)48-21-16-19-35(48)42(55-11)31(6)36(50)24-33(43-45-20-22-56-43)23-32-17-14-13-15-18-32/h13-15,17-18,20,22,28-31,33-35,38,40-42,49H,12,16,19,21,23-27H2,1-11H3/t29-,30?,31-,33+,34-,35-,38+,40-,41-,42+/m0/s1. The summed E-state index contributed by atoms with van der Waals surface area (Å²) in [5.74, 6) is -1.98. The number of aromatic nitrogens is 1. The molecule has 1 aromatic carbocycles. The summed E-state index contributed by atoms with van der Waals surface area (Å²) in [6.45, 7) is 12.1. The van der Waals surface area contributed by atoms with Crippen LogP contribution in [0.3, 0.4) is 0 Å². The van der Waals surface area contributed by atoms with Crippen molar-refractivity contribution in [2.75, 3.05) is 48.5 Å². The Hall–Kier alpha value is -3.03. The molecule has 1 aliphatic rings. The molecule has 10 atom stereocenters. The number of aliphatic hydroxyl groups is 1. The molecule has 1 aromatic heterocycles. The average Bonchev–Trinajstić information content (AvgIpc) is 3.90. The number of aliphatic hydroxyl groups excluding tert-OH is 1. The van der Waals surface area contributed by atoms with Gasteiger partial charge in [0.1, 0.15) is 5.78 Å². The first-order valence-electron chi connectivity index (χ1n) is 20.5. The van der Waals surface area contributed by atoms with E-state index in [-0.39, 0.29) is 72.7 Å². The van der Waals surface area contributed by atoms with Crippen molar-refractivity contribution in [2.45, 2.75) is 123 Å². The highest BCUT2D eigenvalue weighted by Gasteiger charge is 2.43. The molecule has 3 rings (SSSR count). The molecule has 0 bridgehead atoms. The molecule has 12 heteroatoms. The maximum atomic E-state index is 14.4. The first-order valence-corrected chi connectivity index (χ1v) is 21.4. The summed E-state index contributed by atoms with van der Waals surface area (Å²) in [5, 5.41) is 13.1. The summed E-state index contributed by atoms with van der Waals surface area (Å²) in [7, 11) is 8.65. The van der Waals surface area contributed by atoms with E-state index >= 15 is 0 Å². The summed E-state index contributed by atoms with van der Waals surface area (Å²) in [6.07, 6.45) is 3.97. The predicted molar refractivity (Wildman–Crippen MR) is 222 cm³/mol. The Labute approximate surface area is 340 Å². The summed E-state index contributed by atoms with van der Waals surface area (Å²) < 4.78 is 12.1. The van der Waals surface area contributed by atoms with Crippen LogP contribution in [0.5, 0.6) is 0 Å². The number of nitrogens with zero attached hydrogens (tertiary/aromatic N) is 4. The van der Waals surface area contributed by atoms with Gasteiger partial charge in [-0.15, -0.1) is 11.3 Å². The number of thiazole rings is 1. The number of carbonyl (C=O) groups excluding carboxylic acids is 4. The smallest absolute Gasteiger partial charge is 0.226 e. The van der Waals surface area contributed by atoms with Gasteiger partial charge in [0.25, 0.3) is 0 Å². The molecule has 1 aliphatic heterocycles. The van der Waals surface area contributed by atoms with Crippen LogP contribution in [-0.2, 0) is 35.1 Å². The van der Waals surface area contributed by atoms with Crippen molar-refractivity contribution in [3.05, 3.63) is 52.5 Å². The van der Waals surface area contributed by atoms with Gasteiger partial charge >= 0.3 is 0 Å². The zero-order valence-electron chi connectivity index (χ0n) is 35.9. The molecule has 1 N–H and O–H groups in total. The molecule has 2 aromatic rings. The quantitative estimate of drug-likeness (QED) is 0.133. The van der Waals surface area contributed by atoms with Crippen LogP contribution in [-0.4, -0.2) is 127 Å². The topological polar surface area (TPSA) is 130 Å². The molecule has 0 saturated carbocycles. The number of methoxy groups -OCH3 is 2. The van der Waals surface area contributed by atoms with Crippen LogP contribution in [0.4, 0.5) is 0 Å². The molecule has 314 valence electrons. The lowest BCUT2D eigenvalue weighted by molar-refractivity contribution is -0.149. The molecular formula is C44H70N4O7S. The van der Waals surface area contributed by atoms with Gasteiger partial charge in [-0.2, -0.15) is 0 Å². The number of hydrogen-bond acceptors (Lipinski definition) is 10. The number of hydrogen-bond donors (Lipinski definition) is 1. The van der Waals surface area contributed by atoms with Crippen molar-refractivity contribution in [3.63, 3.8) is 0 Å². The van der Waals surface area contributed by atoms with E-state index in [1.807, 2.05) is 82.1 Å². The first-order chi connectivity index (χ1) is 26.6. The second-order valence-electron chi connectivity index (χ2n) is 16.6. The Morgan fingerprint density at radius 3 is 2.16 bits per heavy atom. The van der Waals surface area contributed by atoms with E-state index in [4.69, 9.17) is 9.47 Å². The molecule has 0 radical (unpaired) electrons. The molecule has 1 unspecified atom stereocenters. The summed E-state index contributed by atoms with van der Waals surface area (Å²) in [5.41, 5.74) is 1.15. The van der Waals surface area contributed by atoms with Gasteiger partial charge in [0.05, 0.1) is 41.8 Å². The minimum absolute atomic E-state index is 0.0113. The van der Waals surface area contributed by atoms with Crippen LogP contribution in [0, 0.1) is 29.6 Å². The van der Waals surface area contributed by atoms with Crippen LogP contribution >= 0.6 is 11.3 Å². The SMILES string of the molecule is CC[C@H](C)[C@@H]([C@@H](CC(=O)N1CCC[C@H]1[C@H](OC)[C@@H](C)C(=O)C[C@@H](Cc1ccccc1)c1nccs1)OC)N(C)C(=O)[C@@H](CC(=O)[C@H](C(C)C)N(C)C)C(C)CO. The molecule has 2 amide bonds. The third-order valence-electron chi connectivity index (χ3n) is 12.2. The number of benzene rings is 1. The van der Waals surface area contributed by atoms with Gasteiger partial charge in [-0.25, -0.2) is 4.98 Å². The minimum Gasteiger partial charge on any atom is -0.396 e. The van der Waals surface area contributed by atoms with E-state index in [1.54, 1.807) is 50.6 Å². The number of amides is 2. The number of ether oxygens (including phenoxy) is 2. The van der Waals surface area contributed by atoms with E-state index in [9.17, 15) is 24.3 Å². The van der Waals surface area contributed by atoms with E-state index in [1.165, 1.54) is 0 Å². The first kappa shape index (κ1) is 47.3. The third-order valence-corrected chi connectivity index (χ3v) is 13.1. The lowest BCUT2D eigenvalue weighted by Gasteiger charge is -2.41. The largest absolute Gasteiger partial charge is 0.396 e. The van der Waals surface area contributed by atoms with Crippen molar-refractivity contribution < 1.29 is 33.8 Å². The van der Waals surface area contributed by atoms with Crippen LogP contribution in [0.1, 0.15) is 96.6 Å². The van der Waals surface area contributed by atoms with E-state index in [0.29, 0.717) is 25.8 Å². The van der Waals surface area contributed by atoms with Gasteiger partial charge in [0, 0.05) is 76.6 Å². The highest BCUT2D eigenvalue weighted by atomic mass is 32.1. The number of ketones is 2. The van der Waals surface area contributed by atoms with Crippen molar-refractivity contribution in [3.8, 4) is 0 Å². The van der Waals surface area contributed by atoms with Crippen molar-refractivity contribution in [1.82, 2.24) is 19.7 Å². The van der Waals surface area contributed by atoms with Crippen LogP contribution in [0.2, 0.25) is 0 Å². The fraction of sp³-hybridized carbons (Fsp3) is 0.705. The maximum Gasteiger partial charge on any atom is 0.226 e. The summed E-state index contributed by atoms with van der Waals surface area (Å²) >= 11 is 1.56. The van der Waals surface area contributed by atoms with E-state index in [0.717, 1.165) is 23.4 Å². The number of likely N-dealkylation sites (tertiary alicyclic amines) is 1. The highest BCUT2D eigenvalue weighted by Crippen LogP contribution is 2.33. The van der Waals surface area contributed by atoms with Crippen LogP contribution in [0.25, 0.3) is 0 Å². The van der Waals surface area contributed by atoms with Gasteiger partial charge in [0.15, 0.2) is 5.78 Å². The molecular weight excluding hydrogens is 729 g/mol. The molecule has 56 heavy (non-hydrogen) atoms. The Bertz CT molecular complexity index is 1500. The zero-order chi connectivity index (χ0) is 41.7. The number of likely N-dealkylation sites (N-methyl/N-ethyl adjacent to an activating group) is 2. The van der Waals surface area contributed by atoms with E-state index < -0.39 is 36.0 Å². The number of carbonyl (C=O) groups is 4. The Morgan fingerprint density at radius 1 is 0.946 bits per heavy atom. The van der Waals surface area contributed by atoms with Gasteiger partial charge in [-0.1, -0.05) is 78.3 Å². The predicted octanol–water partition coefficient (Wildman–Crippen LogP) is 6.14. The fourth-order valence-corrected chi connectivity index (χ4v) is 9.61. The zero-order valence-corrected chi connectivity index (χ0v) is 36.7. The van der Waals surface area contributed by atoms with Crippen molar-refractivity contribution in [2.24, 2.45) is 29.6 Å². The van der Waals surface area contributed by atoms with Gasteiger partial charge in [0.2, 0.25) is 11.8 Å². The summed E-state index contributed by atoms with van der Waals surface area (Å²) in [4.78, 5) is 66.3. The Balaban J connectivity index is 1.81.